The molecule has 0 heterocycles. The molecule has 0 fully saturated rings. The van der Waals surface area contributed by atoms with Gasteiger partial charge in [0.25, 0.3) is 0 Å². The van der Waals surface area contributed by atoms with Crippen LogP contribution in [0.15, 0.2) is 27.8 Å². The molecular weight excluding hydrogens is 326 g/mol. The van der Waals surface area contributed by atoms with E-state index in [1.807, 2.05) is 37.0 Å². The summed E-state index contributed by atoms with van der Waals surface area (Å²) < 4.78 is 0.907. The van der Waals surface area contributed by atoms with Crippen LogP contribution in [0.5, 0.6) is 0 Å². The van der Waals surface area contributed by atoms with Crippen LogP contribution in [0, 0.1) is 0 Å². The van der Waals surface area contributed by atoms with Crippen LogP contribution >= 0.6 is 27.7 Å². The van der Waals surface area contributed by atoms with Gasteiger partial charge in [-0.05, 0) is 30.9 Å². The van der Waals surface area contributed by atoms with Gasteiger partial charge in [0.15, 0.2) is 5.84 Å². The third kappa shape index (κ3) is 4.04. The zero-order valence-electron chi connectivity index (χ0n) is 11.4. The lowest BCUT2D eigenvalue weighted by Crippen LogP contribution is -2.34. The minimum Gasteiger partial charge on any atom is -0.409 e. The molecule has 0 aromatic heterocycles. The number of rotatable bonds is 6. The maximum atomic E-state index is 8.91. The van der Waals surface area contributed by atoms with Crippen molar-refractivity contribution in [3.8, 4) is 0 Å². The van der Waals surface area contributed by atoms with Gasteiger partial charge in [-0.2, -0.15) is 11.8 Å². The van der Waals surface area contributed by atoms with Crippen LogP contribution in [0.25, 0.3) is 0 Å². The molecule has 1 aromatic carbocycles. The number of benzene rings is 1. The number of halogens is 1. The summed E-state index contributed by atoms with van der Waals surface area (Å²) in [7, 11) is 2.04. The molecule has 6 heteroatoms. The summed E-state index contributed by atoms with van der Waals surface area (Å²) in [5.41, 5.74) is 7.47. The molecule has 1 atom stereocenters. The highest BCUT2D eigenvalue weighted by Gasteiger charge is 2.17. The van der Waals surface area contributed by atoms with Crippen molar-refractivity contribution in [3.63, 3.8) is 0 Å². The van der Waals surface area contributed by atoms with E-state index in [0.717, 1.165) is 27.9 Å². The fraction of sp³-hybridized carbons (Fsp3) is 0.462. The smallest absolute Gasteiger partial charge is 0.172 e. The van der Waals surface area contributed by atoms with Crippen LogP contribution < -0.4 is 10.6 Å². The number of amidine groups is 1. The molecule has 0 bridgehead atoms. The van der Waals surface area contributed by atoms with Gasteiger partial charge in [-0.1, -0.05) is 28.0 Å². The highest BCUT2D eigenvalue weighted by molar-refractivity contribution is 9.10. The summed E-state index contributed by atoms with van der Waals surface area (Å²) in [6.07, 6.45) is 3.14. The molecule has 1 rings (SSSR count). The van der Waals surface area contributed by atoms with Crippen molar-refractivity contribution in [2.75, 3.05) is 24.0 Å². The number of oxime groups is 1. The second kappa shape index (κ2) is 7.65. The van der Waals surface area contributed by atoms with Crippen molar-refractivity contribution in [2.45, 2.75) is 19.4 Å². The summed E-state index contributed by atoms with van der Waals surface area (Å²) in [5, 5.41) is 12.0. The average molecular weight is 346 g/mol. The van der Waals surface area contributed by atoms with E-state index < -0.39 is 0 Å². The zero-order valence-corrected chi connectivity index (χ0v) is 13.8. The van der Waals surface area contributed by atoms with Gasteiger partial charge in [-0.15, -0.1) is 0 Å². The predicted molar refractivity (Wildman–Crippen MR) is 87.5 cm³/mol. The Morgan fingerprint density at radius 2 is 2.26 bits per heavy atom. The Morgan fingerprint density at radius 1 is 1.58 bits per heavy atom. The first-order valence-corrected chi connectivity index (χ1v) is 8.23. The van der Waals surface area contributed by atoms with E-state index in [-0.39, 0.29) is 5.84 Å². The molecule has 0 amide bonds. The van der Waals surface area contributed by atoms with Gasteiger partial charge in [0.05, 0.1) is 0 Å². The van der Waals surface area contributed by atoms with Gasteiger partial charge >= 0.3 is 0 Å². The van der Waals surface area contributed by atoms with Crippen molar-refractivity contribution in [3.05, 3.63) is 28.2 Å². The molecule has 19 heavy (non-hydrogen) atoms. The lowest BCUT2D eigenvalue weighted by molar-refractivity contribution is 0.318. The van der Waals surface area contributed by atoms with Crippen molar-refractivity contribution in [1.82, 2.24) is 0 Å². The van der Waals surface area contributed by atoms with Crippen LogP contribution in [0.2, 0.25) is 0 Å². The molecule has 0 saturated heterocycles. The molecule has 0 saturated carbocycles. The number of nitrogens with two attached hydrogens (primary N) is 1. The Morgan fingerprint density at radius 3 is 2.79 bits per heavy atom. The summed E-state index contributed by atoms with van der Waals surface area (Å²) in [4.78, 5) is 2.19. The Kier molecular flexibility index (Phi) is 6.51. The zero-order chi connectivity index (χ0) is 14.4. The minimum absolute atomic E-state index is 0.127. The van der Waals surface area contributed by atoms with E-state index in [4.69, 9.17) is 10.9 Å². The summed E-state index contributed by atoms with van der Waals surface area (Å²) in [6.45, 7) is 2.17. The van der Waals surface area contributed by atoms with Gasteiger partial charge in [-0.25, -0.2) is 0 Å². The van der Waals surface area contributed by atoms with Gasteiger partial charge in [0, 0.05) is 34.6 Å². The van der Waals surface area contributed by atoms with Crippen LogP contribution in [0.3, 0.4) is 0 Å². The third-order valence-corrected chi connectivity index (χ3v) is 4.31. The monoisotopic (exact) mass is 345 g/mol. The maximum absolute atomic E-state index is 8.91. The van der Waals surface area contributed by atoms with Gasteiger partial charge < -0.3 is 15.8 Å². The number of nitrogens with zero attached hydrogens (tertiary/aromatic N) is 2. The van der Waals surface area contributed by atoms with Crippen molar-refractivity contribution >= 4 is 39.2 Å². The predicted octanol–water partition coefficient (Wildman–Crippen LogP) is 3.12. The van der Waals surface area contributed by atoms with E-state index in [1.54, 1.807) is 0 Å². The highest BCUT2D eigenvalue weighted by Crippen LogP contribution is 2.26. The Balaban J connectivity index is 3.18. The van der Waals surface area contributed by atoms with Gasteiger partial charge in [-0.3, -0.25) is 0 Å². The fourth-order valence-corrected chi connectivity index (χ4v) is 3.17. The highest BCUT2D eigenvalue weighted by atomic mass is 79.9. The summed E-state index contributed by atoms with van der Waals surface area (Å²) in [6, 6.07) is 6.24. The SMILES string of the molecule is CCC(CSC)N(C)c1ccc(Br)cc1/C(N)=N/O. The summed E-state index contributed by atoms with van der Waals surface area (Å²) >= 11 is 5.23. The largest absolute Gasteiger partial charge is 0.409 e. The van der Waals surface area contributed by atoms with Crippen molar-refractivity contribution in [1.29, 1.82) is 0 Å². The normalized spacial score (nSPS) is 13.4. The lowest BCUT2D eigenvalue weighted by atomic mass is 10.1. The molecule has 1 aromatic rings. The van der Waals surface area contributed by atoms with E-state index >= 15 is 0 Å². The van der Waals surface area contributed by atoms with E-state index in [2.05, 4.69) is 39.2 Å². The maximum Gasteiger partial charge on any atom is 0.172 e. The van der Waals surface area contributed by atoms with Gasteiger partial charge in [0.2, 0.25) is 0 Å². The summed E-state index contributed by atoms with van der Waals surface area (Å²) in [5.74, 6) is 1.17. The second-order valence-corrected chi connectivity index (χ2v) is 6.10. The van der Waals surface area contributed by atoms with Crippen molar-refractivity contribution in [2.24, 2.45) is 10.9 Å². The lowest BCUT2D eigenvalue weighted by Gasteiger charge is -2.30. The number of anilines is 1. The first kappa shape index (κ1) is 16.2. The standard InChI is InChI=1S/C13H20BrN3OS/c1-4-10(8-19-3)17(2)12-6-5-9(14)7-11(12)13(15)16-18/h5-7,10,18H,4,8H2,1-3H3,(H2,15,16). The molecule has 0 radical (unpaired) electrons. The van der Waals surface area contributed by atoms with Crippen molar-refractivity contribution < 1.29 is 5.21 Å². The van der Waals surface area contributed by atoms with Crippen LogP contribution in [-0.2, 0) is 0 Å². The molecule has 0 spiro atoms. The van der Waals surface area contributed by atoms with Crippen LogP contribution in [-0.4, -0.2) is 36.1 Å². The van der Waals surface area contributed by atoms with Crippen LogP contribution in [0.4, 0.5) is 5.69 Å². The topological polar surface area (TPSA) is 61.8 Å². The molecule has 0 aliphatic heterocycles. The minimum atomic E-state index is 0.127. The third-order valence-electron chi connectivity index (χ3n) is 3.10. The first-order chi connectivity index (χ1) is 9.04. The fourth-order valence-electron chi connectivity index (χ4n) is 1.97. The molecule has 106 valence electrons. The Labute approximate surface area is 127 Å². The van der Waals surface area contributed by atoms with Crippen LogP contribution in [0.1, 0.15) is 18.9 Å². The second-order valence-electron chi connectivity index (χ2n) is 4.28. The van der Waals surface area contributed by atoms with Gasteiger partial charge in [0.1, 0.15) is 0 Å². The average Bonchev–Trinajstić information content (AvgIpc) is 2.43. The molecular formula is C13H20BrN3OS. The molecule has 1 unspecified atom stereocenters. The molecule has 4 nitrogen and oxygen atoms in total. The number of thioether (sulfide) groups is 1. The molecule has 0 aliphatic carbocycles. The Hall–Kier alpha value is -0.880. The van der Waals surface area contributed by atoms with E-state index in [9.17, 15) is 0 Å². The molecule has 0 aliphatic rings. The Bertz CT molecular complexity index is 454. The van der Waals surface area contributed by atoms with E-state index in [1.165, 1.54) is 0 Å². The number of hydrogen-bond acceptors (Lipinski definition) is 4. The number of hydrogen-bond donors (Lipinski definition) is 2. The van der Waals surface area contributed by atoms with E-state index in [0.29, 0.717) is 6.04 Å². The quantitative estimate of drug-likeness (QED) is 0.360. The molecule has 3 N–H and O–H groups in total. The first-order valence-electron chi connectivity index (χ1n) is 6.04.